The van der Waals surface area contributed by atoms with E-state index < -0.39 is 44.5 Å². The van der Waals surface area contributed by atoms with Gasteiger partial charge in [0.1, 0.15) is 0 Å². The number of nitro benzene ring substituents is 2. The summed E-state index contributed by atoms with van der Waals surface area (Å²) in [6.45, 7) is 1.70. The fourth-order valence-electron chi connectivity index (χ4n) is 4.92. The summed E-state index contributed by atoms with van der Waals surface area (Å²) in [7, 11) is 2.91. The molecule has 1 atom stereocenters. The number of phenolic OH excluding ortho intramolecular Hbond substituents is 1. The summed E-state index contributed by atoms with van der Waals surface area (Å²) in [4.78, 5) is 53.7. The summed E-state index contributed by atoms with van der Waals surface area (Å²) in [5.74, 6) is -1.07. The second kappa shape index (κ2) is 12.4. The number of nitrogens with zero attached hydrogens (tertiary/aromatic N) is 4. The predicted molar refractivity (Wildman–Crippen MR) is 162 cm³/mol. The maximum atomic E-state index is 14.1. The maximum absolute atomic E-state index is 14.1. The molecule has 1 aliphatic heterocycles. The molecule has 0 radical (unpaired) electrons. The van der Waals surface area contributed by atoms with Crippen LogP contribution in [0, 0.1) is 20.2 Å². The Morgan fingerprint density at radius 2 is 1.67 bits per heavy atom. The molecule has 4 aromatic rings. The van der Waals surface area contributed by atoms with E-state index in [1.807, 2.05) is 0 Å². The number of aromatic hydroxyl groups is 1. The fraction of sp³-hybridized carbons (Fsp3) is 0.167. The largest absolute Gasteiger partial charge is 0.497 e. The summed E-state index contributed by atoms with van der Waals surface area (Å²) in [6, 6.07) is 14.6. The highest BCUT2D eigenvalue weighted by atomic mass is 32.1. The molecule has 0 saturated heterocycles. The third kappa shape index (κ3) is 5.63. The number of carbonyl (C=O) groups is 1. The van der Waals surface area contributed by atoms with Crippen molar-refractivity contribution in [2.24, 2.45) is 4.99 Å². The van der Waals surface area contributed by atoms with Gasteiger partial charge in [0.2, 0.25) is 0 Å². The van der Waals surface area contributed by atoms with Gasteiger partial charge in [-0.25, -0.2) is 9.79 Å². The Bertz CT molecular complexity index is 2030. The van der Waals surface area contributed by atoms with Gasteiger partial charge in [0.15, 0.2) is 16.3 Å². The molecule has 15 heteroatoms. The van der Waals surface area contributed by atoms with E-state index in [0.717, 1.165) is 23.5 Å². The van der Waals surface area contributed by atoms with Crippen molar-refractivity contribution in [3.63, 3.8) is 0 Å². The van der Waals surface area contributed by atoms with Gasteiger partial charge in [0, 0.05) is 17.7 Å². The number of ether oxygens (including phenoxy) is 3. The molecule has 230 valence electrons. The van der Waals surface area contributed by atoms with Gasteiger partial charge < -0.3 is 19.3 Å². The Hall–Kier alpha value is -5.83. The van der Waals surface area contributed by atoms with Gasteiger partial charge in [0.25, 0.3) is 11.3 Å². The number of carbonyl (C=O) groups excluding carboxylic acids is 1. The average Bonchev–Trinajstić information content (AvgIpc) is 3.34. The van der Waals surface area contributed by atoms with E-state index in [-0.39, 0.29) is 32.8 Å². The minimum Gasteiger partial charge on any atom is -0.497 e. The Labute approximate surface area is 257 Å². The van der Waals surface area contributed by atoms with E-state index in [2.05, 4.69) is 0 Å². The van der Waals surface area contributed by atoms with E-state index in [1.165, 1.54) is 24.9 Å². The first-order valence-corrected chi connectivity index (χ1v) is 14.1. The molecule has 0 aliphatic carbocycles. The number of phenols is 1. The summed E-state index contributed by atoms with van der Waals surface area (Å²) >= 11 is 0.915. The number of methoxy groups -OCH3 is 2. The number of rotatable bonds is 9. The molecule has 2 heterocycles. The van der Waals surface area contributed by atoms with E-state index in [9.17, 15) is 34.9 Å². The number of nitro groups is 2. The van der Waals surface area contributed by atoms with Crippen molar-refractivity contribution in [3.8, 4) is 17.2 Å². The lowest BCUT2D eigenvalue weighted by Gasteiger charge is -2.26. The van der Waals surface area contributed by atoms with Gasteiger partial charge in [-0.2, -0.15) is 0 Å². The number of hydrogen-bond donors (Lipinski definition) is 1. The van der Waals surface area contributed by atoms with Crippen LogP contribution in [0.3, 0.4) is 0 Å². The molecule has 1 N–H and O–H groups in total. The molecule has 45 heavy (non-hydrogen) atoms. The summed E-state index contributed by atoms with van der Waals surface area (Å²) < 4.78 is 17.6. The summed E-state index contributed by atoms with van der Waals surface area (Å²) in [5, 5.41) is 33.1. The predicted octanol–water partition coefficient (Wildman–Crippen LogP) is 3.47. The van der Waals surface area contributed by atoms with Crippen molar-refractivity contribution in [1.82, 2.24) is 4.57 Å². The zero-order chi connectivity index (χ0) is 32.4. The van der Waals surface area contributed by atoms with Gasteiger partial charge in [-0.05, 0) is 36.3 Å². The molecule has 0 fully saturated rings. The van der Waals surface area contributed by atoms with Gasteiger partial charge in [0.05, 0.1) is 52.5 Å². The minimum absolute atomic E-state index is 0.00559. The van der Waals surface area contributed by atoms with E-state index in [0.29, 0.717) is 22.6 Å². The first-order chi connectivity index (χ1) is 21.6. The molecular weight excluding hydrogens is 608 g/mol. The highest BCUT2D eigenvalue weighted by Crippen LogP contribution is 2.39. The lowest BCUT2D eigenvalue weighted by molar-refractivity contribution is -0.396. The first-order valence-electron chi connectivity index (χ1n) is 13.3. The van der Waals surface area contributed by atoms with Crippen LogP contribution in [0.25, 0.3) is 11.8 Å². The fourth-order valence-corrected chi connectivity index (χ4v) is 5.92. The lowest BCUT2D eigenvalue weighted by Crippen LogP contribution is -2.40. The number of hydrogen-bond acceptors (Lipinski definition) is 12. The monoisotopic (exact) mass is 632 g/mol. The molecule has 3 aromatic carbocycles. The summed E-state index contributed by atoms with van der Waals surface area (Å²) in [5.41, 5.74) is -1.14. The molecule has 1 aliphatic rings. The zero-order valence-corrected chi connectivity index (χ0v) is 24.8. The van der Waals surface area contributed by atoms with Crippen LogP contribution in [-0.2, 0) is 9.53 Å². The molecule has 0 spiro atoms. The SMILES string of the molecule is CCOC(=O)C1=C(c2ccccc2)N=c2s/c(=C\c3cc([N+](=O)[O-])c(O)c([N+](=O)[O-])c3)c(=O)n2[C@H]1c1ccc(OC)c(OC)c1. The van der Waals surface area contributed by atoms with Crippen molar-refractivity contribution in [1.29, 1.82) is 0 Å². The Morgan fingerprint density at radius 1 is 1.02 bits per heavy atom. The smallest absolute Gasteiger partial charge is 0.338 e. The lowest BCUT2D eigenvalue weighted by atomic mass is 9.93. The maximum Gasteiger partial charge on any atom is 0.338 e. The Morgan fingerprint density at radius 3 is 2.24 bits per heavy atom. The van der Waals surface area contributed by atoms with Crippen LogP contribution in [0.4, 0.5) is 11.4 Å². The highest BCUT2D eigenvalue weighted by Gasteiger charge is 2.36. The number of fused-ring (bicyclic) bond motifs is 1. The quantitative estimate of drug-likeness (QED) is 0.163. The first kappa shape index (κ1) is 30.6. The van der Waals surface area contributed by atoms with Crippen LogP contribution < -0.4 is 24.4 Å². The number of esters is 1. The van der Waals surface area contributed by atoms with E-state index >= 15 is 0 Å². The van der Waals surface area contributed by atoms with Crippen LogP contribution >= 0.6 is 11.3 Å². The Balaban J connectivity index is 1.85. The molecule has 0 amide bonds. The molecule has 14 nitrogen and oxygen atoms in total. The number of thiazole rings is 1. The van der Waals surface area contributed by atoms with Crippen LogP contribution in [0.1, 0.15) is 29.7 Å². The molecule has 1 aromatic heterocycles. The summed E-state index contributed by atoms with van der Waals surface area (Å²) in [6.07, 6.45) is 1.23. The Kier molecular flexibility index (Phi) is 8.45. The molecule has 0 saturated carbocycles. The van der Waals surface area contributed by atoms with Crippen LogP contribution in [-0.4, -0.2) is 46.3 Å². The van der Waals surface area contributed by atoms with Crippen molar-refractivity contribution in [3.05, 3.63) is 123 Å². The van der Waals surface area contributed by atoms with Crippen LogP contribution in [0.2, 0.25) is 0 Å². The van der Waals surface area contributed by atoms with Crippen molar-refractivity contribution < 1.29 is 34.0 Å². The normalized spacial score (nSPS) is 14.4. The van der Waals surface area contributed by atoms with Crippen molar-refractivity contribution in [2.75, 3.05) is 20.8 Å². The van der Waals surface area contributed by atoms with Gasteiger partial charge in [-0.3, -0.25) is 29.6 Å². The number of aromatic nitrogens is 1. The molecular formula is C30H24N4O10S. The van der Waals surface area contributed by atoms with Crippen molar-refractivity contribution >= 4 is 40.5 Å². The van der Waals surface area contributed by atoms with Gasteiger partial charge in [-0.15, -0.1) is 0 Å². The van der Waals surface area contributed by atoms with Crippen molar-refractivity contribution in [2.45, 2.75) is 13.0 Å². The molecule has 0 bridgehead atoms. The third-order valence-electron chi connectivity index (χ3n) is 6.88. The minimum atomic E-state index is -1.11. The number of benzene rings is 3. The average molecular weight is 633 g/mol. The van der Waals surface area contributed by atoms with Crippen LogP contribution in [0.15, 0.2) is 76.0 Å². The standard InChI is InChI=1S/C30H24N4O10S/c1-4-44-29(37)24-25(17-8-6-5-7-9-17)31-30-32(26(24)18-10-11-21(42-2)22(15-18)43-3)28(36)23(45-30)14-16-12-19(33(38)39)27(35)20(13-16)34(40)41/h5-15,26,35H,4H2,1-3H3/b23-14-/t26-/m0/s1. The van der Waals surface area contributed by atoms with Crippen LogP contribution in [0.5, 0.6) is 17.2 Å². The second-order valence-corrected chi connectivity index (χ2v) is 10.5. The molecule has 5 rings (SSSR count). The van der Waals surface area contributed by atoms with E-state index in [4.69, 9.17) is 19.2 Å². The van der Waals surface area contributed by atoms with Gasteiger partial charge >= 0.3 is 17.3 Å². The topological polar surface area (TPSA) is 186 Å². The highest BCUT2D eigenvalue weighted by molar-refractivity contribution is 7.07. The molecule has 0 unspecified atom stereocenters. The third-order valence-corrected chi connectivity index (χ3v) is 7.86. The second-order valence-electron chi connectivity index (χ2n) is 9.47. The van der Waals surface area contributed by atoms with E-state index in [1.54, 1.807) is 55.5 Å². The zero-order valence-electron chi connectivity index (χ0n) is 24.0. The van der Waals surface area contributed by atoms with Gasteiger partial charge in [-0.1, -0.05) is 47.7 Å².